The Morgan fingerprint density at radius 1 is 0.667 bits per heavy atom. The molecule has 0 saturated heterocycles. The van der Waals surface area contributed by atoms with Gasteiger partial charge in [0.1, 0.15) is 35.9 Å². The first-order valence-electron chi connectivity index (χ1n) is 18.7. The van der Waals surface area contributed by atoms with Crippen molar-refractivity contribution in [2.24, 2.45) is 5.92 Å². The Labute approximate surface area is 336 Å². The van der Waals surface area contributed by atoms with Gasteiger partial charge in [0.2, 0.25) is 17.7 Å². The Bertz CT molecular complexity index is 1820. The van der Waals surface area contributed by atoms with E-state index in [1.165, 1.54) is 19.9 Å². The fourth-order valence-corrected chi connectivity index (χ4v) is 5.71. The zero-order valence-electron chi connectivity index (χ0n) is 34.4. The number of rotatable bonds is 18. The van der Waals surface area contributed by atoms with Crippen molar-refractivity contribution in [3.8, 4) is 0 Å². The number of alkyl carbamates (subject to hydrolysis) is 1. The summed E-state index contributed by atoms with van der Waals surface area (Å²) in [5, 5.41) is 10.5. The summed E-state index contributed by atoms with van der Waals surface area (Å²) in [7, 11) is -3.71. The van der Waals surface area contributed by atoms with Crippen molar-refractivity contribution in [1.82, 2.24) is 21.3 Å². The second kappa shape index (κ2) is 21.3. The van der Waals surface area contributed by atoms with Gasteiger partial charge >= 0.3 is 18.0 Å². The number of carbonyl (C=O) groups excluding carboxylic acids is 6. The van der Waals surface area contributed by atoms with Crippen molar-refractivity contribution in [2.75, 3.05) is 0 Å². The Hall–Kier alpha value is -5.25. The summed E-state index contributed by atoms with van der Waals surface area (Å²) in [5.74, 6) is -4.56. The van der Waals surface area contributed by atoms with Gasteiger partial charge in [-0.2, -0.15) is 0 Å². The largest absolute Gasteiger partial charge is 0.460 e. The molecule has 16 heteroatoms. The fourth-order valence-electron chi connectivity index (χ4n) is 4.99. The Kier molecular flexibility index (Phi) is 17.9. The van der Waals surface area contributed by atoms with E-state index in [1.807, 2.05) is 0 Å². The van der Waals surface area contributed by atoms with Crippen LogP contribution in [0.3, 0.4) is 0 Å². The lowest BCUT2D eigenvalue weighted by molar-refractivity contribution is -0.157. The molecule has 314 valence electrons. The molecule has 0 aliphatic heterocycles. The third-order valence-corrected chi connectivity index (χ3v) is 9.68. The molecule has 0 fully saturated rings. The van der Waals surface area contributed by atoms with E-state index < -0.39 is 105 Å². The minimum atomic E-state index is -3.71. The Morgan fingerprint density at radius 3 is 1.70 bits per heavy atom. The van der Waals surface area contributed by atoms with Gasteiger partial charge in [-0.1, -0.05) is 80.6 Å². The predicted octanol–water partition coefficient (Wildman–Crippen LogP) is 4.57. The quantitative estimate of drug-likeness (QED) is 0.121. The smallest absolute Gasteiger partial charge is 0.408 e. The molecule has 0 bridgehead atoms. The summed E-state index contributed by atoms with van der Waals surface area (Å²) < 4.78 is 41.2. The van der Waals surface area contributed by atoms with Crippen LogP contribution in [0.2, 0.25) is 0 Å². The summed E-state index contributed by atoms with van der Waals surface area (Å²) in [5.41, 5.74) is -0.777. The van der Waals surface area contributed by atoms with Gasteiger partial charge in [-0.25, -0.2) is 13.2 Å². The van der Waals surface area contributed by atoms with Crippen LogP contribution in [0.15, 0.2) is 72.1 Å². The van der Waals surface area contributed by atoms with Gasteiger partial charge in [-0.3, -0.25) is 24.0 Å². The van der Waals surface area contributed by atoms with Crippen molar-refractivity contribution < 1.29 is 51.4 Å². The number of hydrogen-bond donors (Lipinski definition) is 4. The minimum Gasteiger partial charge on any atom is -0.460 e. The van der Waals surface area contributed by atoms with E-state index in [0.717, 1.165) is 5.41 Å². The van der Waals surface area contributed by atoms with Crippen LogP contribution in [0.5, 0.6) is 0 Å². The highest BCUT2D eigenvalue weighted by Crippen LogP contribution is 2.17. The van der Waals surface area contributed by atoms with Crippen LogP contribution in [0, 0.1) is 5.92 Å². The molecule has 2 aromatic carbocycles. The molecule has 0 radical (unpaired) electrons. The average Bonchev–Trinajstić information content (AvgIpc) is 3.09. The lowest BCUT2D eigenvalue weighted by atomic mass is 10.00. The second-order valence-electron chi connectivity index (χ2n) is 16.0. The molecule has 4 amide bonds. The third-order valence-electron chi connectivity index (χ3n) is 7.83. The number of carbonyl (C=O) groups is 6. The van der Waals surface area contributed by atoms with Crippen molar-refractivity contribution in [3.05, 3.63) is 83.3 Å². The number of ether oxygens (including phenoxy) is 3. The highest BCUT2D eigenvalue weighted by atomic mass is 32.2. The molecule has 0 aliphatic rings. The van der Waals surface area contributed by atoms with E-state index in [1.54, 1.807) is 116 Å². The highest BCUT2D eigenvalue weighted by molar-refractivity contribution is 7.94. The Morgan fingerprint density at radius 2 is 1.19 bits per heavy atom. The maximum atomic E-state index is 14.1. The minimum absolute atomic E-state index is 0.122. The van der Waals surface area contributed by atoms with Crippen LogP contribution >= 0.6 is 0 Å². The summed E-state index contributed by atoms with van der Waals surface area (Å²) in [6.45, 7) is 16.1. The number of esters is 2. The predicted molar refractivity (Wildman–Crippen MR) is 214 cm³/mol. The van der Waals surface area contributed by atoms with Crippen LogP contribution in [0.1, 0.15) is 99.2 Å². The molecule has 2 rings (SSSR count). The summed E-state index contributed by atoms with van der Waals surface area (Å²) in [6.07, 6.45) is -0.834. The van der Waals surface area contributed by atoms with Crippen molar-refractivity contribution in [1.29, 1.82) is 0 Å². The number of benzene rings is 2. The highest BCUT2D eigenvalue weighted by Gasteiger charge is 2.34. The molecule has 0 spiro atoms. The first-order chi connectivity index (χ1) is 26.4. The molecular formula is C41H58N4O11S. The zero-order chi connectivity index (χ0) is 43.1. The van der Waals surface area contributed by atoms with Crippen LogP contribution in [-0.2, 0) is 54.6 Å². The maximum absolute atomic E-state index is 14.1. The number of amides is 4. The molecule has 2 aromatic rings. The number of hydrogen-bond acceptors (Lipinski definition) is 11. The first-order valence-corrected chi connectivity index (χ1v) is 20.3. The van der Waals surface area contributed by atoms with Crippen LogP contribution in [0.4, 0.5) is 4.79 Å². The molecule has 0 heterocycles. The van der Waals surface area contributed by atoms with Crippen LogP contribution in [-0.4, -0.2) is 78.7 Å². The molecule has 4 N–H and O–H groups in total. The fraction of sp³-hybridized carbons (Fsp3) is 0.512. The van der Waals surface area contributed by atoms with Gasteiger partial charge in [0.05, 0.1) is 24.1 Å². The van der Waals surface area contributed by atoms with E-state index in [2.05, 4.69) is 21.3 Å². The van der Waals surface area contributed by atoms with Gasteiger partial charge in [0, 0.05) is 5.41 Å². The first kappa shape index (κ1) is 47.9. The molecular weight excluding hydrogens is 757 g/mol. The summed E-state index contributed by atoms with van der Waals surface area (Å²) in [4.78, 5) is 80.3. The molecule has 0 saturated carbocycles. The monoisotopic (exact) mass is 814 g/mol. The molecule has 4 atom stereocenters. The van der Waals surface area contributed by atoms with Gasteiger partial charge < -0.3 is 35.5 Å². The van der Waals surface area contributed by atoms with Crippen LogP contribution in [0.25, 0.3) is 0 Å². The molecule has 15 nitrogen and oxygen atoms in total. The molecule has 57 heavy (non-hydrogen) atoms. The number of sulfone groups is 1. The second-order valence-corrected chi connectivity index (χ2v) is 18.4. The summed E-state index contributed by atoms with van der Waals surface area (Å²) >= 11 is 0. The van der Waals surface area contributed by atoms with Crippen molar-refractivity contribution >= 4 is 45.6 Å². The lowest BCUT2D eigenvalue weighted by Gasteiger charge is -2.28. The van der Waals surface area contributed by atoms with E-state index in [9.17, 15) is 37.2 Å². The molecule has 0 aromatic heterocycles. The molecule has 0 unspecified atom stereocenters. The lowest BCUT2D eigenvalue weighted by Crippen LogP contribution is -2.56. The van der Waals surface area contributed by atoms with Gasteiger partial charge in [0.25, 0.3) is 0 Å². The van der Waals surface area contributed by atoms with E-state index in [-0.39, 0.29) is 6.61 Å². The average molecular weight is 815 g/mol. The van der Waals surface area contributed by atoms with Crippen LogP contribution < -0.4 is 21.3 Å². The van der Waals surface area contributed by atoms with Crippen molar-refractivity contribution in [2.45, 2.75) is 129 Å². The van der Waals surface area contributed by atoms with Gasteiger partial charge in [-0.15, -0.1) is 0 Å². The topological polar surface area (TPSA) is 212 Å². The number of nitrogens with one attached hydrogen (secondary N) is 4. The third kappa shape index (κ3) is 18.0. The van der Waals surface area contributed by atoms with Gasteiger partial charge in [-0.05, 0) is 72.4 Å². The standard InChI is InChI=1S/C41H58N4O11S/c1-26(2)34(37(49)42-30(21-22-57(52,53)27(3)4)23-32(46)55-40(5,6)7)44-38(50)35(29-19-15-12-16-20-29)45-36(48)31(24-33(47)56-41(8,9)10)43-39(51)54-25-28-17-13-11-14-18-28/h11-22,26-27,30-31,34-35H,23-25H2,1-10H3,(H,42,49)(H,43,51)(H,44,50)(H,45,48)/b22-21+/t30-,31+,34-,35+/m1/s1. The normalized spacial score (nSPS) is 14.2. The zero-order valence-corrected chi connectivity index (χ0v) is 35.2. The summed E-state index contributed by atoms with van der Waals surface area (Å²) in [6, 6.07) is 11.5. The van der Waals surface area contributed by atoms with E-state index in [4.69, 9.17) is 14.2 Å². The SMILES string of the molecule is CC(C)[C@@H](NC(=O)[C@@H](NC(=O)[C@H](CC(=O)OC(C)(C)C)NC(=O)OCc1ccccc1)c1ccccc1)C(=O)N[C@H](/C=C/S(=O)(=O)C(C)C)CC(=O)OC(C)(C)C. The van der Waals surface area contributed by atoms with E-state index >= 15 is 0 Å². The maximum Gasteiger partial charge on any atom is 0.408 e. The Balaban J connectivity index is 2.40. The molecule has 0 aliphatic carbocycles. The van der Waals surface area contributed by atoms with Crippen molar-refractivity contribution in [3.63, 3.8) is 0 Å². The van der Waals surface area contributed by atoms with E-state index in [0.29, 0.717) is 11.1 Å². The van der Waals surface area contributed by atoms with Gasteiger partial charge in [0.15, 0.2) is 9.84 Å².